The highest BCUT2D eigenvalue weighted by atomic mass is 35.5. The number of aryl methyl sites for hydroxylation is 1. The lowest BCUT2D eigenvalue weighted by Crippen LogP contribution is -2.45. The maximum Gasteiger partial charge on any atom is 0.211 e. The van der Waals surface area contributed by atoms with Gasteiger partial charge in [-0.3, -0.25) is 4.40 Å². The number of piperidine rings is 1. The van der Waals surface area contributed by atoms with E-state index >= 15 is 0 Å². The van der Waals surface area contributed by atoms with Gasteiger partial charge in [-0.25, -0.2) is 14.4 Å². The molecule has 8 heteroatoms. The molecule has 0 unspecified atom stereocenters. The number of benzene rings is 2. The number of rotatable bonds is 3. The van der Waals surface area contributed by atoms with Gasteiger partial charge in [0, 0.05) is 42.7 Å². The van der Waals surface area contributed by atoms with Gasteiger partial charge < -0.3 is 10.2 Å². The van der Waals surface area contributed by atoms with E-state index in [4.69, 9.17) is 28.2 Å². The summed E-state index contributed by atoms with van der Waals surface area (Å²) < 4.78 is 16.0. The summed E-state index contributed by atoms with van der Waals surface area (Å²) in [6.45, 7) is 3.73. The highest BCUT2D eigenvalue weighted by molar-refractivity contribution is 6.43. The summed E-state index contributed by atoms with van der Waals surface area (Å²) >= 11 is 12.9. The fourth-order valence-electron chi connectivity index (χ4n) is 6.21. The third kappa shape index (κ3) is 3.53. The zero-order valence-corrected chi connectivity index (χ0v) is 21.2. The van der Waals surface area contributed by atoms with E-state index in [1.54, 1.807) is 24.4 Å². The summed E-state index contributed by atoms with van der Waals surface area (Å²) in [5.41, 5.74) is 5.84. The molecule has 4 aromatic rings. The summed E-state index contributed by atoms with van der Waals surface area (Å²) in [5.74, 6) is 0.726. The number of fused-ring (bicyclic) bond motifs is 2. The molecule has 6 rings (SSSR count). The lowest BCUT2D eigenvalue weighted by Gasteiger charge is -2.43. The van der Waals surface area contributed by atoms with Gasteiger partial charge in [0.05, 0.1) is 15.7 Å². The zero-order valence-electron chi connectivity index (χ0n) is 19.7. The predicted molar refractivity (Wildman–Crippen MR) is 139 cm³/mol. The Morgan fingerprint density at radius 1 is 1.14 bits per heavy atom. The number of hydrogen-bond acceptors (Lipinski definition) is 4. The first-order valence-corrected chi connectivity index (χ1v) is 12.7. The van der Waals surface area contributed by atoms with Crippen LogP contribution in [0.1, 0.15) is 35.7 Å². The molecule has 0 radical (unpaired) electrons. The molecule has 1 N–H and O–H groups in total. The second-order valence-corrected chi connectivity index (χ2v) is 10.5. The minimum atomic E-state index is -0.157. The number of nitrogens with one attached hydrogen (secondary N) is 1. The molecule has 5 nitrogen and oxygen atoms in total. The average Bonchev–Trinajstić information content (AvgIpc) is 3.43. The Morgan fingerprint density at radius 3 is 2.71 bits per heavy atom. The van der Waals surface area contributed by atoms with E-state index in [1.807, 2.05) is 42.8 Å². The van der Waals surface area contributed by atoms with Crippen LogP contribution in [0.15, 0.2) is 48.8 Å². The Balaban J connectivity index is 1.34. The van der Waals surface area contributed by atoms with Crippen molar-refractivity contribution in [2.24, 2.45) is 5.41 Å². The Morgan fingerprint density at radius 2 is 1.94 bits per heavy atom. The summed E-state index contributed by atoms with van der Waals surface area (Å²) in [6, 6.07) is 11.1. The molecule has 0 bridgehead atoms. The summed E-state index contributed by atoms with van der Waals surface area (Å²) in [7, 11) is 2.01. The van der Waals surface area contributed by atoms with Gasteiger partial charge >= 0.3 is 0 Å². The van der Waals surface area contributed by atoms with Crippen LogP contribution in [0.25, 0.3) is 16.8 Å². The molecule has 3 heterocycles. The van der Waals surface area contributed by atoms with Crippen molar-refractivity contribution in [1.82, 2.24) is 19.7 Å². The number of hydrogen-bond donors (Lipinski definition) is 1. The van der Waals surface area contributed by atoms with Crippen LogP contribution in [-0.2, 0) is 6.42 Å². The molecule has 1 aliphatic carbocycles. The largest absolute Gasteiger partial charge is 0.342 e. The van der Waals surface area contributed by atoms with Gasteiger partial charge in [0.25, 0.3) is 0 Å². The van der Waals surface area contributed by atoms with Crippen LogP contribution in [0.5, 0.6) is 0 Å². The van der Waals surface area contributed by atoms with Crippen molar-refractivity contribution in [3.8, 4) is 11.1 Å². The maximum atomic E-state index is 13.9. The highest BCUT2D eigenvalue weighted by Gasteiger charge is 2.47. The first kappa shape index (κ1) is 22.8. The molecule has 1 fully saturated rings. The molecule has 0 saturated carbocycles. The van der Waals surface area contributed by atoms with Crippen LogP contribution >= 0.6 is 23.2 Å². The van der Waals surface area contributed by atoms with Crippen LogP contribution in [0.2, 0.25) is 10.0 Å². The Kier molecular flexibility index (Phi) is 5.51. The van der Waals surface area contributed by atoms with Crippen molar-refractivity contribution >= 4 is 34.8 Å². The van der Waals surface area contributed by atoms with E-state index < -0.39 is 0 Å². The molecule has 2 aromatic heterocycles. The van der Waals surface area contributed by atoms with Crippen LogP contribution in [0.4, 0.5) is 10.3 Å². The van der Waals surface area contributed by atoms with E-state index in [0.717, 1.165) is 66.3 Å². The van der Waals surface area contributed by atoms with Gasteiger partial charge in [0.1, 0.15) is 11.5 Å². The van der Waals surface area contributed by atoms with Gasteiger partial charge in [-0.15, -0.1) is 0 Å². The standard InChI is InChI=1S/C27H26Cl2FN5/c1-16-22(20-4-3-5-21(28)23(20)29)25-32-10-13-35(25)26(33-16)34-11-8-27(9-12-34)15-17-14-18(30)6-7-19(17)24(27)31-2/h3-7,10,13-14,24,31H,8-9,11-12,15H2,1-2H3/t24-/m1/s1. The van der Waals surface area contributed by atoms with Gasteiger partial charge in [-0.2, -0.15) is 0 Å². The van der Waals surface area contributed by atoms with Crippen molar-refractivity contribution in [3.05, 3.63) is 81.5 Å². The minimum absolute atomic E-state index is 0.0821. The van der Waals surface area contributed by atoms with E-state index in [1.165, 1.54) is 5.56 Å². The van der Waals surface area contributed by atoms with Crippen molar-refractivity contribution in [1.29, 1.82) is 0 Å². The first-order valence-electron chi connectivity index (χ1n) is 11.9. The second-order valence-electron chi connectivity index (χ2n) is 9.69. The van der Waals surface area contributed by atoms with E-state index in [2.05, 4.69) is 15.2 Å². The number of nitrogens with zero attached hydrogens (tertiary/aromatic N) is 4. The molecule has 1 aliphatic heterocycles. The van der Waals surface area contributed by atoms with Gasteiger partial charge in [-0.05, 0) is 68.0 Å². The molecule has 2 aliphatic rings. The third-order valence-corrected chi connectivity index (χ3v) is 8.65. The van der Waals surface area contributed by atoms with Crippen molar-refractivity contribution in [2.45, 2.75) is 32.2 Å². The topological polar surface area (TPSA) is 45.5 Å². The lowest BCUT2D eigenvalue weighted by atomic mass is 9.73. The zero-order chi connectivity index (χ0) is 24.3. The Hall–Kier alpha value is -2.67. The summed E-state index contributed by atoms with van der Waals surface area (Å²) in [6.07, 6.45) is 6.64. The fourth-order valence-corrected chi connectivity index (χ4v) is 6.60. The normalized spacial score (nSPS) is 19.0. The van der Waals surface area contributed by atoms with E-state index in [0.29, 0.717) is 10.0 Å². The van der Waals surface area contributed by atoms with Crippen LogP contribution in [-0.4, -0.2) is 34.5 Å². The molecule has 1 saturated heterocycles. The molecular weight excluding hydrogens is 484 g/mol. The number of halogens is 3. The monoisotopic (exact) mass is 509 g/mol. The van der Waals surface area contributed by atoms with Crippen LogP contribution in [0.3, 0.4) is 0 Å². The van der Waals surface area contributed by atoms with Gasteiger partial charge in [0.15, 0.2) is 0 Å². The Labute approximate surface area is 213 Å². The molecule has 1 atom stereocenters. The Bertz CT molecular complexity index is 1440. The third-order valence-electron chi connectivity index (χ3n) is 7.83. The molecule has 35 heavy (non-hydrogen) atoms. The van der Waals surface area contributed by atoms with Crippen molar-refractivity contribution in [3.63, 3.8) is 0 Å². The minimum Gasteiger partial charge on any atom is -0.342 e. The summed E-state index contributed by atoms with van der Waals surface area (Å²) in [5, 5.41) is 4.55. The molecule has 2 aromatic carbocycles. The van der Waals surface area contributed by atoms with Gasteiger partial charge in [-0.1, -0.05) is 41.4 Å². The molecule has 180 valence electrons. The smallest absolute Gasteiger partial charge is 0.211 e. The van der Waals surface area contributed by atoms with Crippen LogP contribution < -0.4 is 10.2 Å². The second kappa shape index (κ2) is 8.47. The van der Waals surface area contributed by atoms with Crippen molar-refractivity contribution in [2.75, 3.05) is 25.0 Å². The number of imidazole rings is 1. The quantitative estimate of drug-likeness (QED) is 0.354. The van der Waals surface area contributed by atoms with Gasteiger partial charge in [0.2, 0.25) is 5.95 Å². The average molecular weight is 510 g/mol. The van der Waals surface area contributed by atoms with Crippen molar-refractivity contribution < 1.29 is 4.39 Å². The first-order chi connectivity index (χ1) is 16.9. The SMILES string of the molecule is CN[C@@H]1c2ccc(F)cc2CC12CCN(c1nc(C)c(-c3cccc(Cl)c3Cl)c3nccn13)CC2. The number of aromatic nitrogens is 3. The molecule has 0 amide bonds. The van der Waals surface area contributed by atoms with E-state index in [9.17, 15) is 4.39 Å². The number of anilines is 1. The highest BCUT2D eigenvalue weighted by Crippen LogP contribution is 2.52. The summed E-state index contributed by atoms with van der Waals surface area (Å²) in [4.78, 5) is 12.0. The fraction of sp³-hybridized carbons (Fsp3) is 0.333. The van der Waals surface area contributed by atoms with E-state index in [-0.39, 0.29) is 17.3 Å². The van der Waals surface area contributed by atoms with Crippen LogP contribution in [0, 0.1) is 18.2 Å². The predicted octanol–water partition coefficient (Wildman–Crippen LogP) is 6.25. The maximum absolute atomic E-state index is 13.9. The lowest BCUT2D eigenvalue weighted by molar-refractivity contribution is 0.166. The molecular formula is C27H26Cl2FN5. The molecule has 1 spiro atoms.